The van der Waals surface area contributed by atoms with Gasteiger partial charge in [0.25, 0.3) is 0 Å². The van der Waals surface area contributed by atoms with E-state index < -0.39 is 26.7 Å². The Kier molecular flexibility index (Phi) is 3.53. The third-order valence-corrected chi connectivity index (χ3v) is 4.80. The van der Waals surface area contributed by atoms with Crippen LogP contribution in [-0.2, 0) is 10.0 Å². The highest BCUT2D eigenvalue weighted by Gasteiger charge is 2.42. The Labute approximate surface area is 95.5 Å². The Morgan fingerprint density at radius 2 is 2.06 bits per heavy atom. The molecule has 0 fully saturated rings. The lowest BCUT2D eigenvalue weighted by Gasteiger charge is -2.42. The molecule has 0 amide bonds. The minimum absolute atomic E-state index is 0.148. The van der Waals surface area contributed by atoms with Gasteiger partial charge in [0.2, 0.25) is 10.0 Å². The van der Waals surface area contributed by atoms with E-state index in [-0.39, 0.29) is 5.06 Å². The lowest BCUT2D eigenvalue weighted by Crippen LogP contribution is -3.14. The van der Waals surface area contributed by atoms with Crippen LogP contribution in [0.2, 0.25) is 0 Å². The van der Waals surface area contributed by atoms with E-state index in [9.17, 15) is 13.6 Å². The van der Waals surface area contributed by atoms with Crippen LogP contribution >= 0.6 is 0 Å². The van der Waals surface area contributed by atoms with Crippen LogP contribution in [-0.4, -0.2) is 25.4 Å². The molecule has 1 aliphatic rings. The Hall–Kier alpha value is -0.760. The zero-order valence-corrected chi connectivity index (χ0v) is 10.4. The van der Waals surface area contributed by atoms with Crippen molar-refractivity contribution in [3.8, 4) is 0 Å². The van der Waals surface area contributed by atoms with E-state index in [0.29, 0.717) is 0 Å². The summed E-state index contributed by atoms with van der Waals surface area (Å²) in [4.78, 5) is 3.90. The molecule has 0 aromatic carbocycles. The number of aliphatic imine (C=N–C) groups is 1. The molecule has 0 saturated carbocycles. The number of hydrogen-bond donors (Lipinski definition) is 2. The number of nitrogens with zero attached hydrogens (tertiary/aromatic N) is 1. The van der Waals surface area contributed by atoms with Crippen LogP contribution in [0.4, 0.5) is 0 Å². The molecule has 4 atom stereocenters. The van der Waals surface area contributed by atoms with Gasteiger partial charge in [-0.1, -0.05) is 6.92 Å². The summed E-state index contributed by atoms with van der Waals surface area (Å²) in [5.74, 6) is -0.427. The Bertz CT molecular complexity index is 418. The third-order valence-electron chi connectivity index (χ3n) is 3.35. The number of quaternary nitrogens is 1. The molecule has 1 heterocycles. The number of rotatable bonds is 3. The smallest absolute Gasteiger partial charge is 0.212 e. The normalized spacial score (nSPS) is 33.7. The molecule has 7 heteroatoms. The van der Waals surface area contributed by atoms with Crippen molar-refractivity contribution in [2.75, 3.05) is 0 Å². The van der Waals surface area contributed by atoms with Crippen molar-refractivity contribution >= 4 is 16.2 Å². The largest absolute Gasteiger partial charge is 0.629 e. The highest BCUT2D eigenvalue weighted by Crippen LogP contribution is 2.21. The lowest BCUT2D eigenvalue weighted by molar-refractivity contribution is -0.842. The number of hydrogen-bond acceptors (Lipinski definition) is 4. The van der Waals surface area contributed by atoms with Crippen LogP contribution in [0.1, 0.15) is 20.8 Å². The summed E-state index contributed by atoms with van der Waals surface area (Å²) in [6.07, 6.45) is 4.24. The molecule has 0 aliphatic carbocycles. The molecule has 0 bridgehead atoms. The van der Waals surface area contributed by atoms with Crippen molar-refractivity contribution in [1.29, 1.82) is 0 Å². The molecule has 92 valence electrons. The molecule has 0 spiro atoms. The second kappa shape index (κ2) is 4.25. The summed E-state index contributed by atoms with van der Waals surface area (Å²) in [6.45, 7) is 4.87. The number of sulfonamides is 1. The SMILES string of the molecule is C[C@@H]([C@H](C)S(N)(=O)=O)C1(C)C=NC=C[NH+]1[O-]. The number of primary sulfonamides is 1. The van der Waals surface area contributed by atoms with E-state index in [1.165, 1.54) is 25.5 Å². The van der Waals surface area contributed by atoms with Crippen LogP contribution in [0.25, 0.3) is 0 Å². The average Bonchev–Trinajstić information content (AvgIpc) is 2.19. The Morgan fingerprint density at radius 1 is 1.50 bits per heavy atom. The third kappa shape index (κ3) is 2.32. The second-order valence-electron chi connectivity index (χ2n) is 4.32. The standard InChI is InChI=1S/C9H17N3O3S/c1-7(8(2)16(10,14)15)9(3)6-11-4-5-12(9)13/h4-8,12H,1-3H3,(H2,10,14,15)/t7-,8-,9?/m0/s1. The van der Waals surface area contributed by atoms with Gasteiger partial charge in [0.1, 0.15) is 11.7 Å². The van der Waals surface area contributed by atoms with Crippen molar-refractivity contribution in [3.63, 3.8) is 0 Å². The summed E-state index contributed by atoms with van der Waals surface area (Å²) in [7, 11) is -3.65. The average molecular weight is 247 g/mol. The van der Waals surface area contributed by atoms with Gasteiger partial charge in [-0.3, -0.25) is 4.99 Å². The highest BCUT2D eigenvalue weighted by molar-refractivity contribution is 7.89. The molecule has 0 aromatic heterocycles. The summed E-state index contributed by atoms with van der Waals surface area (Å²) in [5, 5.41) is 15.9. The fourth-order valence-electron chi connectivity index (χ4n) is 1.67. The van der Waals surface area contributed by atoms with Gasteiger partial charge in [0, 0.05) is 5.92 Å². The fraction of sp³-hybridized carbons (Fsp3) is 0.667. The quantitative estimate of drug-likeness (QED) is 0.625. The first-order valence-corrected chi connectivity index (χ1v) is 6.57. The van der Waals surface area contributed by atoms with E-state index in [0.717, 1.165) is 0 Å². The maximum absolute atomic E-state index is 11.8. The molecule has 3 N–H and O–H groups in total. The van der Waals surface area contributed by atoms with E-state index in [4.69, 9.17) is 5.14 Å². The van der Waals surface area contributed by atoms with E-state index in [2.05, 4.69) is 4.99 Å². The fourth-order valence-corrected chi connectivity index (χ4v) is 2.52. The van der Waals surface area contributed by atoms with Gasteiger partial charge in [0.15, 0.2) is 0 Å². The second-order valence-corrected chi connectivity index (χ2v) is 6.25. The maximum Gasteiger partial charge on any atom is 0.212 e. The number of hydroxylamine groups is 2. The van der Waals surface area contributed by atoms with E-state index in [1.807, 2.05) is 0 Å². The summed E-state index contributed by atoms with van der Waals surface area (Å²) in [5.41, 5.74) is -0.902. The van der Waals surface area contributed by atoms with Crippen LogP contribution in [0.15, 0.2) is 17.4 Å². The van der Waals surface area contributed by atoms with Gasteiger partial charge in [-0.2, -0.15) is 0 Å². The Balaban J connectivity index is 3.01. The van der Waals surface area contributed by atoms with E-state index in [1.54, 1.807) is 13.8 Å². The summed E-state index contributed by atoms with van der Waals surface area (Å²) >= 11 is 0. The predicted molar refractivity (Wildman–Crippen MR) is 62.1 cm³/mol. The first kappa shape index (κ1) is 13.3. The molecule has 6 nitrogen and oxygen atoms in total. The number of nitrogens with one attached hydrogen (secondary N) is 1. The molecular weight excluding hydrogens is 230 g/mol. The van der Waals surface area contributed by atoms with Crippen molar-refractivity contribution in [1.82, 2.24) is 0 Å². The molecule has 1 rings (SSSR count). The predicted octanol–water partition coefficient (Wildman–Crippen LogP) is -1.00. The van der Waals surface area contributed by atoms with Crippen LogP contribution in [0, 0.1) is 11.1 Å². The molecule has 2 unspecified atom stereocenters. The monoisotopic (exact) mass is 247 g/mol. The molecule has 16 heavy (non-hydrogen) atoms. The van der Waals surface area contributed by atoms with Crippen molar-refractivity contribution in [2.45, 2.75) is 31.6 Å². The van der Waals surface area contributed by atoms with Crippen molar-refractivity contribution in [3.05, 3.63) is 17.6 Å². The summed E-state index contributed by atoms with van der Waals surface area (Å²) < 4.78 is 22.5. The van der Waals surface area contributed by atoms with Crippen molar-refractivity contribution < 1.29 is 13.5 Å². The number of nitrogens with two attached hydrogens (primary N) is 1. The first-order chi connectivity index (χ1) is 7.19. The summed E-state index contributed by atoms with van der Waals surface area (Å²) in [6, 6.07) is 0. The maximum atomic E-state index is 11.8. The lowest BCUT2D eigenvalue weighted by atomic mass is 9.85. The van der Waals surface area contributed by atoms with Crippen LogP contribution in [0.5, 0.6) is 0 Å². The topological polar surface area (TPSA) is 100 Å². The zero-order chi connectivity index (χ0) is 12.6. The van der Waals surface area contributed by atoms with Gasteiger partial charge in [-0.25, -0.2) is 13.6 Å². The highest BCUT2D eigenvalue weighted by atomic mass is 32.2. The minimum atomic E-state index is -3.65. The van der Waals surface area contributed by atoms with Gasteiger partial charge in [-0.15, -0.1) is 0 Å². The van der Waals surface area contributed by atoms with Crippen molar-refractivity contribution in [2.24, 2.45) is 16.0 Å². The van der Waals surface area contributed by atoms with Gasteiger partial charge in [0.05, 0.1) is 17.7 Å². The van der Waals surface area contributed by atoms with E-state index >= 15 is 0 Å². The molecule has 0 radical (unpaired) electrons. The van der Waals surface area contributed by atoms with Crippen LogP contribution < -0.4 is 10.2 Å². The molecule has 0 aromatic rings. The molecule has 1 aliphatic heterocycles. The Morgan fingerprint density at radius 3 is 2.50 bits per heavy atom. The first-order valence-electron chi connectivity index (χ1n) is 4.96. The van der Waals surface area contributed by atoms with Gasteiger partial charge < -0.3 is 10.3 Å². The van der Waals surface area contributed by atoms with Gasteiger partial charge in [-0.05, 0) is 13.8 Å². The van der Waals surface area contributed by atoms with Crippen LogP contribution in [0.3, 0.4) is 0 Å². The van der Waals surface area contributed by atoms with Gasteiger partial charge >= 0.3 is 0 Å². The minimum Gasteiger partial charge on any atom is -0.629 e. The zero-order valence-electron chi connectivity index (χ0n) is 9.54. The molecule has 0 saturated heterocycles. The molecular formula is C9H17N3O3S.